The number of hydrogen-bond donors (Lipinski definition) is 1. The van der Waals surface area contributed by atoms with Crippen molar-refractivity contribution in [2.24, 2.45) is 0 Å². The number of amides is 1. The number of carbonyl (C=O) groups excluding carboxylic acids is 1. The lowest BCUT2D eigenvalue weighted by molar-refractivity contribution is 0.0984. The van der Waals surface area contributed by atoms with Gasteiger partial charge in [0.15, 0.2) is 0 Å². The van der Waals surface area contributed by atoms with Gasteiger partial charge >= 0.3 is 0 Å². The molecule has 1 N–H and O–H groups in total. The summed E-state index contributed by atoms with van der Waals surface area (Å²) in [6, 6.07) is 10.2. The van der Waals surface area contributed by atoms with Crippen LogP contribution in [0.2, 0.25) is 0 Å². The number of nitrogens with zero attached hydrogens (tertiary/aromatic N) is 1. The Balaban J connectivity index is 2.04. The quantitative estimate of drug-likeness (QED) is 0.898. The summed E-state index contributed by atoms with van der Waals surface area (Å²) >= 11 is 0. The normalized spacial score (nSPS) is 16.2. The predicted octanol–water partition coefficient (Wildman–Crippen LogP) is 4.47. The van der Waals surface area contributed by atoms with E-state index >= 15 is 0 Å². The highest BCUT2D eigenvalue weighted by Gasteiger charge is 2.28. The first kappa shape index (κ1) is 17.3. The summed E-state index contributed by atoms with van der Waals surface area (Å²) in [6.45, 7) is 8.97. The van der Waals surface area contributed by atoms with Gasteiger partial charge in [0.1, 0.15) is 5.75 Å². The Labute approximate surface area is 149 Å². The molecule has 2 aromatic rings. The zero-order valence-electron chi connectivity index (χ0n) is 15.6. The molecule has 0 aliphatic carbocycles. The van der Waals surface area contributed by atoms with Crippen molar-refractivity contribution >= 4 is 17.3 Å². The van der Waals surface area contributed by atoms with Crippen molar-refractivity contribution in [2.45, 2.75) is 40.2 Å². The van der Waals surface area contributed by atoms with Gasteiger partial charge in [-0.3, -0.25) is 4.79 Å². The summed E-state index contributed by atoms with van der Waals surface area (Å²) in [7, 11) is 1.63. The molecular weight excluding hydrogens is 312 g/mol. The second kappa shape index (κ2) is 6.79. The second-order valence-corrected chi connectivity index (χ2v) is 6.80. The Morgan fingerprint density at radius 1 is 1.16 bits per heavy atom. The van der Waals surface area contributed by atoms with Crippen LogP contribution in [0.3, 0.4) is 0 Å². The SMILES string of the molecule is CCC1CN(C(=O)c2ccc(C)c(OC)c2)c2cc(C)c(C)cc2N1. The maximum atomic E-state index is 13.2. The van der Waals surface area contributed by atoms with Crippen molar-refractivity contribution in [1.82, 2.24) is 0 Å². The van der Waals surface area contributed by atoms with E-state index in [1.165, 1.54) is 11.1 Å². The first-order chi connectivity index (χ1) is 11.9. The molecule has 2 aromatic carbocycles. The van der Waals surface area contributed by atoms with Crippen LogP contribution >= 0.6 is 0 Å². The molecule has 4 heteroatoms. The number of benzene rings is 2. The highest BCUT2D eigenvalue weighted by molar-refractivity contribution is 6.08. The highest BCUT2D eigenvalue weighted by Crippen LogP contribution is 2.35. The molecule has 25 heavy (non-hydrogen) atoms. The molecule has 0 radical (unpaired) electrons. The van der Waals surface area contributed by atoms with Gasteiger partial charge in [0.05, 0.1) is 18.5 Å². The van der Waals surface area contributed by atoms with Gasteiger partial charge in [-0.05, 0) is 68.1 Å². The van der Waals surface area contributed by atoms with Gasteiger partial charge < -0.3 is 15.0 Å². The molecule has 4 nitrogen and oxygen atoms in total. The highest BCUT2D eigenvalue weighted by atomic mass is 16.5. The minimum absolute atomic E-state index is 0.0164. The molecule has 0 saturated heterocycles. The average molecular weight is 338 g/mol. The standard InChI is InChI=1S/C21H26N2O2/c1-6-17-12-23(19-10-15(4)14(3)9-18(19)22-17)21(24)16-8-7-13(2)20(11-16)25-5/h7-11,17,22H,6,12H2,1-5H3. The molecule has 0 aromatic heterocycles. The van der Waals surface area contributed by atoms with E-state index in [9.17, 15) is 4.79 Å². The first-order valence-corrected chi connectivity index (χ1v) is 8.78. The van der Waals surface area contributed by atoms with Gasteiger partial charge in [0.25, 0.3) is 5.91 Å². The molecule has 1 amide bonds. The van der Waals surface area contributed by atoms with Gasteiger partial charge in [-0.25, -0.2) is 0 Å². The molecule has 0 spiro atoms. The Bertz CT molecular complexity index is 814. The molecule has 1 unspecified atom stereocenters. The number of rotatable bonds is 3. The van der Waals surface area contributed by atoms with E-state index in [4.69, 9.17) is 4.74 Å². The van der Waals surface area contributed by atoms with Crippen LogP contribution in [0, 0.1) is 20.8 Å². The third-order valence-electron chi connectivity index (χ3n) is 5.06. The fourth-order valence-corrected chi connectivity index (χ4v) is 3.26. The number of nitrogens with one attached hydrogen (secondary N) is 1. The summed E-state index contributed by atoms with van der Waals surface area (Å²) < 4.78 is 5.39. The van der Waals surface area contributed by atoms with Crippen molar-refractivity contribution < 1.29 is 9.53 Å². The molecule has 0 saturated carbocycles. The molecule has 132 valence electrons. The van der Waals surface area contributed by atoms with Crippen LogP contribution in [0.25, 0.3) is 0 Å². The van der Waals surface area contributed by atoms with Gasteiger partial charge in [0.2, 0.25) is 0 Å². The number of fused-ring (bicyclic) bond motifs is 1. The van der Waals surface area contributed by atoms with E-state index in [0.717, 1.165) is 29.1 Å². The van der Waals surface area contributed by atoms with Crippen molar-refractivity contribution in [3.05, 3.63) is 52.6 Å². The maximum absolute atomic E-state index is 13.2. The van der Waals surface area contributed by atoms with Gasteiger partial charge in [-0.15, -0.1) is 0 Å². The third kappa shape index (κ3) is 3.21. The van der Waals surface area contributed by atoms with Gasteiger partial charge in [-0.1, -0.05) is 13.0 Å². The largest absolute Gasteiger partial charge is 0.496 e. The monoisotopic (exact) mass is 338 g/mol. The third-order valence-corrected chi connectivity index (χ3v) is 5.06. The van der Waals surface area contributed by atoms with Gasteiger partial charge in [-0.2, -0.15) is 0 Å². The molecule has 0 fully saturated rings. The zero-order valence-corrected chi connectivity index (χ0v) is 15.6. The molecule has 1 heterocycles. The fourth-order valence-electron chi connectivity index (χ4n) is 3.26. The Morgan fingerprint density at radius 2 is 1.88 bits per heavy atom. The average Bonchev–Trinajstić information content (AvgIpc) is 2.61. The summed E-state index contributed by atoms with van der Waals surface area (Å²) in [5.74, 6) is 0.760. The van der Waals surface area contributed by atoms with Crippen LogP contribution in [0.4, 0.5) is 11.4 Å². The van der Waals surface area contributed by atoms with E-state index in [2.05, 4.69) is 38.2 Å². The van der Waals surface area contributed by atoms with Crippen LogP contribution < -0.4 is 15.0 Å². The fraction of sp³-hybridized carbons (Fsp3) is 0.381. The number of hydrogen-bond acceptors (Lipinski definition) is 3. The van der Waals surface area contributed by atoms with Crippen LogP contribution in [0.1, 0.15) is 40.4 Å². The van der Waals surface area contributed by atoms with Crippen molar-refractivity contribution in [3.8, 4) is 5.75 Å². The lowest BCUT2D eigenvalue weighted by Gasteiger charge is -2.36. The lowest BCUT2D eigenvalue weighted by atomic mass is 10.0. The number of aryl methyl sites for hydroxylation is 3. The van der Waals surface area contributed by atoms with E-state index in [0.29, 0.717) is 12.1 Å². The Morgan fingerprint density at radius 3 is 2.56 bits per heavy atom. The smallest absolute Gasteiger partial charge is 0.258 e. The zero-order chi connectivity index (χ0) is 18.1. The van der Waals surface area contributed by atoms with Gasteiger partial charge in [0, 0.05) is 18.2 Å². The minimum atomic E-state index is 0.0164. The summed E-state index contributed by atoms with van der Waals surface area (Å²) in [6.07, 6.45) is 0.966. The first-order valence-electron chi connectivity index (χ1n) is 8.78. The van der Waals surface area contributed by atoms with E-state index < -0.39 is 0 Å². The maximum Gasteiger partial charge on any atom is 0.258 e. The summed E-state index contributed by atoms with van der Waals surface area (Å²) in [5, 5.41) is 3.56. The molecule has 0 bridgehead atoms. The van der Waals surface area contributed by atoms with Crippen LogP contribution in [0.15, 0.2) is 30.3 Å². The van der Waals surface area contributed by atoms with E-state index in [1.807, 2.05) is 30.0 Å². The van der Waals surface area contributed by atoms with Crippen LogP contribution in [-0.4, -0.2) is 25.6 Å². The van der Waals surface area contributed by atoms with Crippen LogP contribution in [0.5, 0.6) is 5.75 Å². The van der Waals surface area contributed by atoms with Crippen molar-refractivity contribution in [2.75, 3.05) is 23.9 Å². The molecule has 3 rings (SSSR count). The minimum Gasteiger partial charge on any atom is -0.496 e. The van der Waals surface area contributed by atoms with E-state index in [-0.39, 0.29) is 11.9 Å². The Hall–Kier alpha value is -2.49. The van der Waals surface area contributed by atoms with Crippen molar-refractivity contribution in [3.63, 3.8) is 0 Å². The molecule has 1 aliphatic rings. The van der Waals surface area contributed by atoms with Crippen molar-refractivity contribution in [1.29, 1.82) is 0 Å². The molecule has 1 atom stereocenters. The summed E-state index contributed by atoms with van der Waals surface area (Å²) in [5.41, 5.74) is 6.09. The van der Waals surface area contributed by atoms with E-state index in [1.54, 1.807) is 7.11 Å². The summed E-state index contributed by atoms with van der Waals surface area (Å²) in [4.78, 5) is 15.1. The number of methoxy groups -OCH3 is 1. The van der Waals surface area contributed by atoms with Crippen LogP contribution in [-0.2, 0) is 0 Å². The number of anilines is 2. The number of carbonyl (C=O) groups is 1. The Kier molecular flexibility index (Phi) is 4.71. The predicted molar refractivity (Wildman–Crippen MR) is 103 cm³/mol. The molecular formula is C21H26N2O2. The second-order valence-electron chi connectivity index (χ2n) is 6.80. The lowest BCUT2D eigenvalue weighted by Crippen LogP contribution is -2.44. The molecule has 1 aliphatic heterocycles. The topological polar surface area (TPSA) is 41.6 Å². The number of ether oxygens (including phenoxy) is 1.